The van der Waals surface area contributed by atoms with E-state index in [0.717, 1.165) is 16.4 Å². The predicted octanol–water partition coefficient (Wildman–Crippen LogP) is 1.19. The number of methoxy groups -OCH3 is 1. The van der Waals surface area contributed by atoms with Crippen molar-refractivity contribution in [1.29, 1.82) is 0 Å². The summed E-state index contributed by atoms with van der Waals surface area (Å²) in [7, 11) is -1.44. The molecular weight excluding hydrogens is 460 g/mol. The number of aliphatic imine (C=N–C) groups is 1. The fourth-order valence-corrected chi connectivity index (χ4v) is 6.04. The molecule has 33 heavy (non-hydrogen) atoms. The van der Waals surface area contributed by atoms with Crippen LogP contribution in [0.1, 0.15) is 23.0 Å². The highest BCUT2D eigenvalue weighted by Crippen LogP contribution is 2.46. The van der Waals surface area contributed by atoms with E-state index in [-0.39, 0.29) is 29.6 Å². The van der Waals surface area contributed by atoms with Gasteiger partial charge in [0.15, 0.2) is 11.5 Å². The van der Waals surface area contributed by atoms with Crippen molar-refractivity contribution in [2.45, 2.75) is 23.8 Å². The van der Waals surface area contributed by atoms with Crippen molar-refractivity contribution in [3.05, 3.63) is 53.4 Å². The Bertz CT molecular complexity index is 1270. The predicted molar refractivity (Wildman–Crippen MR) is 114 cm³/mol. The molecule has 3 atom stereocenters. The molecule has 4 rings (SSSR count). The van der Waals surface area contributed by atoms with E-state index in [0.29, 0.717) is 0 Å². The van der Waals surface area contributed by atoms with Gasteiger partial charge in [-0.25, -0.2) is 31.5 Å². The smallest absolute Gasteiger partial charge is 0.277 e. The molecule has 2 aliphatic rings. The third-order valence-electron chi connectivity index (χ3n) is 5.76. The summed E-state index contributed by atoms with van der Waals surface area (Å²) in [5.74, 6) is -2.75. The number of nitrogens with zero attached hydrogens (tertiary/aromatic N) is 3. The zero-order valence-corrected chi connectivity index (χ0v) is 18.7. The quantitative estimate of drug-likeness (QED) is 0.670. The van der Waals surface area contributed by atoms with Crippen molar-refractivity contribution < 1.29 is 31.5 Å². The molecule has 2 aromatic rings. The fourth-order valence-electron chi connectivity index (χ4n) is 4.09. The summed E-state index contributed by atoms with van der Waals surface area (Å²) >= 11 is 0. The molecule has 1 fully saturated rings. The number of sulfonamides is 1. The molecule has 0 unspecified atom stereocenters. The first-order valence-electron chi connectivity index (χ1n) is 9.77. The van der Waals surface area contributed by atoms with Gasteiger partial charge in [0.1, 0.15) is 22.4 Å². The number of amides is 1. The number of anilines is 1. The van der Waals surface area contributed by atoms with E-state index in [1.165, 1.54) is 32.5 Å². The van der Waals surface area contributed by atoms with Crippen molar-refractivity contribution in [3.8, 4) is 5.75 Å². The summed E-state index contributed by atoms with van der Waals surface area (Å²) in [6.45, 7) is 1.31. The van der Waals surface area contributed by atoms with Gasteiger partial charge in [0.05, 0.1) is 26.0 Å². The van der Waals surface area contributed by atoms with Crippen molar-refractivity contribution in [2.24, 2.45) is 10.7 Å². The molecule has 1 aromatic heterocycles. The van der Waals surface area contributed by atoms with Gasteiger partial charge in [0.25, 0.3) is 5.91 Å². The average molecular weight is 481 g/mol. The fraction of sp³-hybridized carbons (Fsp3) is 0.350. The summed E-state index contributed by atoms with van der Waals surface area (Å²) in [5, 5.41) is 1.20. The molecule has 10 nitrogen and oxygen atoms in total. The number of guanidine groups is 1. The summed E-state index contributed by atoms with van der Waals surface area (Å²) < 4.78 is 66.7. The second-order valence-electron chi connectivity index (χ2n) is 7.70. The van der Waals surface area contributed by atoms with E-state index >= 15 is 4.39 Å². The number of ether oxygens (including phenoxy) is 2. The standard InChI is InChI=1S/C20H21F2N5O5S/c1-10-17-20(9-32-10,26-19(23)27(2)33(17,29)30)13-6-11(4-5-14(13)21)25-18(28)16-15(22)7-12(31-3)8-24-16/h4-8,10,17H,9H2,1-3H3,(H2,23,26)(H,25,28)/t10-,17-,20+/m0/s1. The van der Waals surface area contributed by atoms with Crippen molar-refractivity contribution in [2.75, 3.05) is 26.1 Å². The monoisotopic (exact) mass is 481 g/mol. The molecule has 13 heteroatoms. The van der Waals surface area contributed by atoms with Gasteiger partial charge in [0, 0.05) is 24.4 Å². The molecule has 0 saturated carbocycles. The third-order valence-corrected chi connectivity index (χ3v) is 8.13. The first kappa shape index (κ1) is 22.9. The molecule has 0 radical (unpaired) electrons. The number of carbonyl (C=O) groups is 1. The molecule has 176 valence electrons. The summed E-state index contributed by atoms with van der Waals surface area (Å²) in [6.07, 6.45) is 0.375. The van der Waals surface area contributed by atoms with Crippen molar-refractivity contribution in [1.82, 2.24) is 9.29 Å². The van der Waals surface area contributed by atoms with Gasteiger partial charge in [0.2, 0.25) is 16.0 Å². The van der Waals surface area contributed by atoms with Crippen LogP contribution in [0.4, 0.5) is 14.5 Å². The maximum absolute atomic E-state index is 15.0. The van der Waals surface area contributed by atoms with Gasteiger partial charge in [-0.05, 0) is 25.1 Å². The zero-order chi connectivity index (χ0) is 24.1. The van der Waals surface area contributed by atoms with Gasteiger partial charge in [-0.2, -0.15) is 0 Å². The lowest BCUT2D eigenvalue weighted by Crippen LogP contribution is -2.58. The zero-order valence-electron chi connectivity index (χ0n) is 17.9. The molecule has 1 amide bonds. The largest absolute Gasteiger partial charge is 0.495 e. The molecule has 2 aliphatic heterocycles. The normalized spacial score (nSPS) is 25.8. The van der Waals surface area contributed by atoms with E-state index in [1.54, 1.807) is 6.92 Å². The third kappa shape index (κ3) is 3.56. The van der Waals surface area contributed by atoms with Gasteiger partial charge in [-0.3, -0.25) is 4.79 Å². The molecule has 0 aliphatic carbocycles. The Morgan fingerprint density at radius 2 is 2.06 bits per heavy atom. The van der Waals surface area contributed by atoms with Crippen LogP contribution in [-0.2, 0) is 20.3 Å². The van der Waals surface area contributed by atoms with E-state index in [4.69, 9.17) is 15.2 Å². The lowest BCUT2D eigenvalue weighted by molar-refractivity contribution is 0.101. The Morgan fingerprint density at radius 1 is 1.33 bits per heavy atom. The second-order valence-corrected chi connectivity index (χ2v) is 9.78. The molecule has 3 N–H and O–H groups in total. The highest BCUT2D eigenvalue weighted by atomic mass is 32.2. The second kappa shape index (κ2) is 7.92. The van der Waals surface area contributed by atoms with Crippen LogP contribution < -0.4 is 15.8 Å². The Hall–Kier alpha value is -3.32. The number of rotatable bonds is 4. The minimum absolute atomic E-state index is 0.0752. The minimum atomic E-state index is -4.02. The number of carbonyl (C=O) groups excluding carboxylic acids is 1. The highest BCUT2D eigenvalue weighted by Gasteiger charge is 2.61. The average Bonchev–Trinajstić information content (AvgIpc) is 3.11. The molecule has 0 bridgehead atoms. The maximum atomic E-state index is 15.0. The number of halogens is 2. The molecule has 1 aromatic carbocycles. The number of benzene rings is 1. The van der Waals surface area contributed by atoms with Crippen LogP contribution in [0.5, 0.6) is 5.75 Å². The van der Waals surface area contributed by atoms with Gasteiger partial charge >= 0.3 is 0 Å². The van der Waals surface area contributed by atoms with Crippen LogP contribution in [0, 0.1) is 11.6 Å². The maximum Gasteiger partial charge on any atom is 0.277 e. The Balaban J connectivity index is 1.76. The first-order chi connectivity index (χ1) is 15.5. The number of aromatic nitrogens is 1. The SMILES string of the molecule is COc1cnc(C(=O)Nc2ccc(F)c([C@]34CO[C@@H](C)[C@@H]3S(=O)(=O)N(C)C(N)=N4)c2)c(F)c1. The molecule has 3 heterocycles. The summed E-state index contributed by atoms with van der Waals surface area (Å²) in [6, 6.07) is 4.54. The van der Waals surface area contributed by atoms with Gasteiger partial charge < -0.3 is 20.5 Å². The number of hydrogen-bond donors (Lipinski definition) is 2. The van der Waals surface area contributed by atoms with Crippen LogP contribution >= 0.6 is 0 Å². The Labute approximate surface area is 188 Å². The van der Waals surface area contributed by atoms with Crippen LogP contribution in [0.2, 0.25) is 0 Å². The number of hydrogen-bond acceptors (Lipinski definition) is 8. The highest BCUT2D eigenvalue weighted by molar-refractivity contribution is 7.90. The summed E-state index contributed by atoms with van der Waals surface area (Å²) in [5.41, 5.74) is 3.64. The lowest BCUT2D eigenvalue weighted by atomic mass is 9.86. The van der Waals surface area contributed by atoms with Crippen LogP contribution in [0.15, 0.2) is 35.5 Å². The van der Waals surface area contributed by atoms with Crippen molar-refractivity contribution in [3.63, 3.8) is 0 Å². The van der Waals surface area contributed by atoms with Crippen LogP contribution in [-0.4, -0.2) is 61.7 Å². The van der Waals surface area contributed by atoms with Gasteiger partial charge in [-0.15, -0.1) is 0 Å². The van der Waals surface area contributed by atoms with E-state index < -0.39 is 50.2 Å². The number of fused-ring (bicyclic) bond motifs is 1. The summed E-state index contributed by atoms with van der Waals surface area (Å²) in [4.78, 5) is 20.6. The molecular formula is C20H21F2N5O5S. The van der Waals surface area contributed by atoms with E-state index in [9.17, 15) is 17.6 Å². The first-order valence-corrected chi connectivity index (χ1v) is 11.3. The lowest BCUT2D eigenvalue weighted by Gasteiger charge is -2.39. The van der Waals surface area contributed by atoms with E-state index in [2.05, 4.69) is 15.3 Å². The molecule has 1 saturated heterocycles. The van der Waals surface area contributed by atoms with E-state index in [1.807, 2.05) is 0 Å². The topological polar surface area (TPSA) is 136 Å². The Kier molecular flexibility index (Phi) is 5.48. The number of nitrogens with two attached hydrogens (primary N) is 1. The minimum Gasteiger partial charge on any atom is -0.495 e. The van der Waals surface area contributed by atoms with Gasteiger partial charge in [-0.1, -0.05) is 0 Å². The van der Waals surface area contributed by atoms with Crippen molar-refractivity contribution >= 4 is 27.6 Å². The number of pyridine rings is 1. The van der Waals surface area contributed by atoms with Crippen LogP contribution in [0.3, 0.4) is 0 Å². The molecule has 0 spiro atoms. The Morgan fingerprint density at radius 3 is 2.73 bits per heavy atom. The number of nitrogens with one attached hydrogen (secondary N) is 1. The van der Waals surface area contributed by atoms with Crippen LogP contribution in [0.25, 0.3) is 0 Å².